The molecule has 3 N–H and O–H groups in total. The van der Waals surface area contributed by atoms with Gasteiger partial charge < -0.3 is 10.6 Å². The van der Waals surface area contributed by atoms with E-state index in [4.69, 9.17) is 0 Å². The van der Waals surface area contributed by atoms with Crippen LogP contribution in [0.2, 0.25) is 0 Å². The highest BCUT2D eigenvalue weighted by Gasteiger charge is 2.27. The van der Waals surface area contributed by atoms with Gasteiger partial charge in [0.15, 0.2) is 5.69 Å². The van der Waals surface area contributed by atoms with Crippen LogP contribution in [0.25, 0.3) is 0 Å². The van der Waals surface area contributed by atoms with E-state index >= 15 is 0 Å². The molecular weight excluding hydrogens is 288 g/mol. The largest absolute Gasteiger partial charge is 0.350 e. The molecule has 0 aliphatic carbocycles. The number of H-pyrrole nitrogens is 1. The van der Waals surface area contributed by atoms with Crippen LogP contribution in [0.1, 0.15) is 61.8 Å². The summed E-state index contributed by atoms with van der Waals surface area (Å²) < 4.78 is 0. The van der Waals surface area contributed by atoms with Crippen LogP contribution in [0.4, 0.5) is 0 Å². The number of aromatic amines is 1. The molecular formula is C15H27ClN4O. The molecule has 1 aromatic rings. The van der Waals surface area contributed by atoms with Crippen LogP contribution in [0.5, 0.6) is 0 Å². The van der Waals surface area contributed by atoms with Crippen molar-refractivity contribution >= 4 is 18.3 Å². The van der Waals surface area contributed by atoms with E-state index in [1.807, 2.05) is 0 Å². The van der Waals surface area contributed by atoms with Gasteiger partial charge in [-0.15, -0.1) is 12.4 Å². The average molecular weight is 315 g/mol. The van der Waals surface area contributed by atoms with Crippen LogP contribution < -0.4 is 10.6 Å². The second-order valence-corrected chi connectivity index (χ2v) is 5.70. The minimum Gasteiger partial charge on any atom is -0.350 e. The van der Waals surface area contributed by atoms with Crippen molar-refractivity contribution in [3.05, 3.63) is 17.0 Å². The number of nitrogens with one attached hydrogen (secondary N) is 3. The number of nitrogens with zero attached hydrogens (tertiary/aromatic N) is 1. The Hall–Kier alpha value is -1.07. The number of carbonyl (C=O) groups excluding carboxylic acids is 1. The van der Waals surface area contributed by atoms with Crippen LogP contribution in [0.3, 0.4) is 0 Å². The number of hydrogen-bond acceptors (Lipinski definition) is 3. The molecule has 0 spiro atoms. The Bertz CT molecular complexity index is 460. The lowest BCUT2D eigenvalue weighted by atomic mass is 9.80. The Balaban J connectivity index is 0.00000220. The first-order chi connectivity index (χ1) is 9.65. The van der Waals surface area contributed by atoms with E-state index in [0.717, 1.165) is 56.6 Å². The van der Waals surface area contributed by atoms with Crippen molar-refractivity contribution in [2.24, 2.45) is 5.41 Å². The van der Waals surface area contributed by atoms with E-state index in [1.165, 1.54) is 0 Å². The third-order valence-corrected chi connectivity index (χ3v) is 4.90. The molecule has 1 amide bonds. The summed E-state index contributed by atoms with van der Waals surface area (Å²) in [6.07, 6.45) is 4.17. The molecule has 1 aromatic heterocycles. The van der Waals surface area contributed by atoms with Crippen LogP contribution in [0, 0.1) is 5.41 Å². The number of rotatable bonds is 6. The lowest BCUT2D eigenvalue weighted by molar-refractivity contribution is 0.0917. The quantitative estimate of drug-likeness (QED) is 0.755. The molecule has 5 nitrogen and oxygen atoms in total. The Kier molecular flexibility index (Phi) is 6.68. The van der Waals surface area contributed by atoms with Gasteiger partial charge in [-0.3, -0.25) is 9.89 Å². The first-order valence-corrected chi connectivity index (χ1v) is 7.70. The monoisotopic (exact) mass is 314 g/mol. The van der Waals surface area contributed by atoms with Gasteiger partial charge in [0.1, 0.15) is 0 Å². The van der Waals surface area contributed by atoms with Gasteiger partial charge in [0.2, 0.25) is 0 Å². The van der Waals surface area contributed by atoms with Crippen molar-refractivity contribution in [3.63, 3.8) is 0 Å². The fourth-order valence-corrected chi connectivity index (χ4v) is 2.89. The maximum atomic E-state index is 12.4. The van der Waals surface area contributed by atoms with Crippen molar-refractivity contribution in [3.8, 4) is 0 Å². The van der Waals surface area contributed by atoms with Gasteiger partial charge in [0, 0.05) is 37.3 Å². The lowest BCUT2D eigenvalue weighted by Crippen LogP contribution is -2.37. The molecule has 21 heavy (non-hydrogen) atoms. The number of amides is 1. The van der Waals surface area contributed by atoms with Gasteiger partial charge in [0.05, 0.1) is 0 Å². The van der Waals surface area contributed by atoms with E-state index in [2.05, 4.69) is 41.6 Å². The summed E-state index contributed by atoms with van der Waals surface area (Å²) in [7, 11) is 0. The van der Waals surface area contributed by atoms with Gasteiger partial charge in [-0.25, -0.2) is 0 Å². The molecule has 2 heterocycles. The van der Waals surface area contributed by atoms with Gasteiger partial charge in [0.25, 0.3) is 5.91 Å². The Morgan fingerprint density at radius 1 is 1.29 bits per heavy atom. The molecule has 0 bridgehead atoms. The van der Waals surface area contributed by atoms with Crippen molar-refractivity contribution in [1.29, 1.82) is 0 Å². The zero-order valence-corrected chi connectivity index (χ0v) is 14.0. The van der Waals surface area contributed by atoms with Gasteiger partial charge in [-0.1, -0.05) is 20.8 Å². The van der Waals surface area contributed by atoms with Crippen LogP contribution >= 0.6 is 12.4 Å². The summed E-state index contributed by atoms with van der Waals surface area (Å²) in [6.45, 7) is 8.98. The average Bonchev–Trinajstić information content (AvgIpc) is 2.93. The molecule has 0 fully saturated rings. The Morgan fingerprint density at radius 2 is 1.95 bits per heavy atom. The van der Waals surface area contributed by atoms with Crippen molar-refractivity contribution < 1.29 is 4.79 Å². The van der Waals surface area contributed by atoms with Gasteiger partial charge >= 0.3 is 0 Å². The predicted octanol–water partition coefficient (Wildman–Crippen LogP) is 2.42. The first kappa shape index (κ1) is 18.0. The highest BCUT2D eigenvalue weighted by Crippen LogP contribution is 2.29. The molecule has 1 aliphatic heterocycles. The van der Waals surface area contributed by atoms with E-state index in [0.29, 0.717) is 5.69 Å². The maximum absolute atomic E-state index is 12.4. The summed E-state index contributed by atoms with van der Waals surface area (Å²) in [4.78, 5) is 12.4. The van der Waals surface area contributed by atoms with Crippen molar-refractivity contribution in [1.82, 2.24) is 20.8 Å². The number of aromatic nitrogens is 2. The predicted molar refractivity (Wildman–Crippen MR) is 86.9 cm³/mol. The van der Waals surface area contributed by atoms with E-state index in [9.17, 15) is 4.79 Å². The Labute approximate surface area is 133 Å². The summed E-state index contributed by atoms with van der Waals surface area (Å²) in [5.74, 6) is -0.0501. The van der Waals surface area contributed by atoms with Crippen molar-refractivity contribution in [2.75, 3.05) is 13.1 Å². The van der Waals surface area contributed by atoms with Crippen LogP contribution in [-0.2, 0) is 13.0 Å². The number of carbonyl (C=O) groups is 1. The lowest BCUT2D eigenvalue weighted by Gasteiger charge is -2.30. The molecule has 2 rings (SSSR count). The molecule has 0 aromatic carbocycles. The maximum Gasteiger partial charge on any atom is 0.272 e. The van der Waals surface area contributed by atoms with Crippen LogP contribution in [-0.4, -0.2) is 29.2 Å². The second kappa shape index (κ2) is 7.80. The van der Waals surface area contributed by atoms with E-state index < -0.39 is 0 Å². The smallest absolute Gasteiger partial charge is 0.272 e. The Morgan fingerprint density at radius 3 is 2.57 bits per heavy atom. The van der Waals surface area contributed by atoms with Crippen LogP contribution in [0.15, 0.2) is 0 Å². The molecule has 0 unspecified atom stereocenters. The summed E-state index contributed by atoms with van der Waals surface area (Å²) in [6, 6.07) is 0. The number of halogens is 1. The third-order valence-electron chi connectivity index (χ3n) is 4.90. The molecule has 0 radical (unpaired) electrons. The summed E-state index contributed by atoms with van der Waals surface area (Å²) in [5.41, 5.74) is 2.90. The van der Waals surface area contributed by atoms with E-state index in [-0.39, 0.29) is 23.7 Å². The molecule has 0 saturated heterocycles. The number of hydrogen-bond donors (Lipinski definition) is 3. The minimum atomic E-state index is -0.0501. The second-order valence-electron chi connectivity index (χ2n) is 5.70. The summed E-state index contributed by atoms with van der Waals surface area (Å²) >= 11 is 0. The van der Waals surface area contributed by atoms with Crippen molar-refractivity contribution in [2.45, 2.75) is 53.0 Å². The van der Waals surface area contributed by atoms with Gasteiger partial charge in [-0.2, -0.15) is 5.10 Å². The molecule has 1 aliphatic rings. The first-order valence-electron chi connectivity index (χ1n) is 7.70. The van der Waals surface area contributed by atoms with Gasteiger partial charge in [-0.05, 0) is 24.7 Å². The molecule has 120 valence electrons. The zero-order valence-electron chi connectivity index (χ0n) is 13.2. The van der Waals surface area contributed by atoms with E-state index in [1.54, 1.807) is 0 Å². The highest BCUT2D eigenvalue weighted by atomic mass is 35.5. The molecule has 0 atom stereocenters. The third kappa shape index (κ3) is 3.77. The topological polar surface area (TPSA) is 69.8 Å². The minimum absolute atomic E-state index is 0. The highest BCUT2D eigenvalue weighted by molar-refractivity contribution is 5.94. The standard InChI is InChI=1S/C15H26N4O.ClH/c1-4-15(5-2,6-3)10-17-14(20)13-11-9-16-8-7-12(11)18-19-13;/h16H,4-10H2,1-3H3,(H,17,20)(H,18,19);1H. The number of fused-ring (bicyclic) bond motifs is 1. The fraction of sp³-hybridized carbons (Fsp3) is 0.733. The normalized spacial score (nSPS) is 14.2. The zero-order chi connectivity index (χ0) is 14.6. The fourth-order valence-electron chi connectivity index (χ4n) is 2.89. The molecule has 0 saturated carbocycles. The summed E-state index contributed by atoms with van der Waals surface area (Å²) in [5, 5.41) is 13.6. The molecule has 6 heteroatoms. The SMILES string of the molecule is CCC(CC)(CC)CNC(=O)c1n[nH]c2c1CNCC2.Cl.